The third kappa shape index (κ3) is 3.51. The van der Waals surface area contributed by atoms with E-state index in [1.165, 1.54) is 24.6 Å². The zero-order valence-electron chi connectivity index (χ0n) is 17.1. The predicted octanol–water partition coefficient (Wildman–Crippen LogP) is 4.71. The van der Waals surface area contributed by atoms with Crippen LogP contribution in [-0.2, 0) is 0 Å². The Balaban J connectivity index is 0.00000245. The highest BCUT2D eigenvalue weighted by atomic mass is 35.5. The van der Waals surface area contributed by atoms with Crippen LogP contribution in [0.4, 0.5) is 0 Å². The van der Waals surface area contributed by atoms with E-state index in [1.807, 2.05) is 10.6 Å². The molecule has 0 radical (unpaired) electrons. The molecule has 2 aromatic heterocycles. The van der Waals surface area contributed by atoms with E-state index in [4.69, 9.17) is 10.5 Å². The molecule has 1 fully saturated rings. The van der Waals surface area contributed by atoms with Gasteiger partial charge in [0.05, 0.1) is 18.0 Å². The molecule has 3 heterocycles. The van der Waals surface area contributed by atoms with E-state index in [0.29, 0.717) is 27.5 Å². The van der Waals surface area contributed by atoms with Gasteiger partial charge < -0.3 is 20.1 Å². The minimum absolute atomic E-state index is 0. The second kappa shape index (κ2) is 8.05. The molecule has 2 aliphatic rings. The SMILES string of the molecule is COc1c(-c2cc3c(s2)S(O)(O)CCC3N)ccc2c(=O)c(C(=O)O)cn(C3CC3)c12.Cl. The zero-order valence-corrected chi connectivity index (χ0v) is 19.6. The fraction of sp³-hybridized carbons (Fsp3) is 0.333. The number of thiophene rings is 1. The van der Waals surface area contributed by atoms with Crippen molar-refractivity contribution in [3.05, 3.63) is 45.7 Å². The lowest BCUT2D eigenvalue weighted by Crippen LogP contribution is -2.21. The molecule has 5 rings (SSSR count). The number of benzene rings is 1. The molecule has 32 heavy (non-hydrogen) atoms. The van der Waals surface area contributed by atoms with Crippen LogP contribution in [-0.4, -0.2) is 37.6 Å². The summed E-state index contributed by atoms with van der Waals surface area (Å²) in [6.45, 7) is 0. The number of carboxylic acid groups (broad SMARTS) is 1. The van der Waals surface area contributed by atoms with Crippen molar-refractivity contribution >= 4 is 51.2 Å². The summed E-state index contributed by atoms with van der Waals surface area (Å²) in [5, 5.41) is 9.77. The van der Waals surface area contributed by atoms with Gasteiger partial charge in [-0.3, -0.25) is 13.9 Å². The van der Waals surface area contributed by atoms with Gasteiger partial charge in [0.15, 0.2) is 5.75 Å². The molecule has 0 saturated heterocycles. The lowest BCUT2D eigenvalue weighted by molar-refractivity contribution is 0.0694. The first-order chi connectivity index (χ1) is 14.7. The van der Waals surface area contributed by atoms with E-state index in [0.717, 1.165) is 23.3 Å². The van der Waals surface area contributed by atoms with Gasteiger partial charge in [0.25, 0.3) is 0 Å². The monoisotopic (exact) mass is 498 g/mol. The van der Waals surface area contributed by atoms with Crippen molar-refractivity contribution in [2.24, 2.45) is 5.73 Å². The highest BCUT2D eigenvalue weighted by Crippen LogP contribution is 2.60. The van der Waals surface area contributed by atoms with Crippen LogP contribution in [0.1, 0.15) is 47.3 Å². The van der Waals surface area contributed by atoms with Crippen molar-refractivity contribution in [1.29, 1.82) is 0 Å². The summed E-state index contributed by atoms with van der Waals surface area (Å²) in [6, 6.07) is 5.06. The lowest BCUT2D eigenvalue weighted by atomic mass is 10.0. The average molecular weight is 499 g/mol. The number of aromatic nitrogens is 1. The first-order valence-corrected chi connectivity index (χ1v) is 12.4. The van der Waals surface area contributed by atoms with Crippen molar-refractivity contribution in [3.63, 3.8) is 0 Å². The first kappa shape index (κ1) is 23.1. The van der Waals surface area contributed by atoms with Crippen LogP contribution in [0.3, 0.4) is 0 Å². The fourth-order valence-corrected chi connectivity index (χ4v) is 7.58. The van der Waals surface area contributed by atoms with Gasteiger partial charge in [-0.25, -0.2) is 4.79 Å². The fourth-order valence-electron chi connectivity index (χ4n) is 4.19. The van der Waals surface area contributed by atoms with Gasteiger partial charge in [0, 0.05) is 40.0 Å². The second-order valence-corrected chi connectivity index (χ2v) is 11.4. The van der Waals surface area contributed by atoms with Crippen molar-refractivity contribution in [2.45, 2.75) is 35.6 Å². The minimum Gasteiger partial charge on any atom is -0.494 e. The van der Waals surface area contributed by atoms with Crippen molar-refractivity contribution in [2.75, 3.05) is 12.9 Å². The molecule has 0 spiro atoms. The van der Waals surface area contributed by atoms with E-state index < -0.39 is 22.0 Å². The summed E-state index contributed by atoms with van der Waals surface area (Å²) in [4.78, 5) is 25.2. The number of rotatable bonds is 4. The number of nitrogens with two attached hydrogens (primary N) is 1. The molecule has 0 amide bonds. The third-order valence-corrected chi connectivity index (χ3v) is 9.59. The number of ether oxygens (including phenoxy) is 1. The number of pyridine rings is 1. The minimum atomic E-state index is -2.88. The van der Waals surface area contributed by atoms with Gasteiger partial charge in [0.2, 0.25) is 5.43 Å². The van der Waals surface area contributed by atoms with E-state index >= 15 is 0 Å². The van der Waals surface area contributed by atoms with Crippen molar-refractivity contribution in [3.8, 4) is 16.2 Å². The normalized spacial score (nSPS) is 20.3. The lowest BCUT2D eigenvalue weighted by Gasteiger charge is -2.37. The Morgan fingerprint density at radius 2 is 2.00 bits per heavy atom. The van der Waals surface area contributed by atoms with Crippen LogP contribution < -0.4 is 15.9 Å². The maximum atomic E-state index is 12.8. The number of carbonyl (C=O) groups is 1. The smallest absolute Gasteiger partial charge is 0.341 e. The van der Waals surface area contributed by atoms with Crippen LogP contribution in [0.2, 0.25) is 0 Å². The number of hydrogen-bond acceptors (Lipinski definition) is 7. The molecule has 8 nitrogen and oxygen atoms in total. The van der Waals surface area contributed by atoms with Crippen molar-refractivity contribution in [1.82, 2.24) is 4.57 Å². The van der Waals surface area contributed by atoms with Gasteiger partial charge in [-0.1, -0.05) is 0 Å². The van der Waals surface area contributed by atoms with Crippen LogP contribution in [0.25, 0.3) is 21.3 Å². The molecule has 0 bridgehead atoms. The number of fused-ring (bicyclic) bond motifs is 2. The summed E-state index contributed by atoms with van der Waals surface area (Å²) >= 11 is 1.27. The van der Waals surface area contributed by atoms with E-state index in [1.54, 1.807) is 12.1 Å². The maximum absolute atomic E-state index is 12.8. The van der Waals surface area contributed by atoms with Crippen LogP contribution in [0.15, 0.2) is 33.4 Å². The molecule has 1 aliphatic heterocycles. The second-order valence-electron chi connectivity index (χ2n) is 7.98. The number of nitrogens with zero attached hydrogens (tertiary/aromatic N) is 1. The maximum Gasteiger partial charge on any atom is 0.341 e. The predicted molar refractivity (Wildman–Crippen MR) is 128 cm³/mol. The zero-order chi connectivity index (χ0) is 22.1. The Labute approximate surface area is 195 Å². The van der Waals surface area contributed by atoms with E-state index in [-0.39, 0.29) is 41.2 Å². The molecule has 1 aromatic carbocycles. The van der Waals surface area contributed by atoms with Gasteiger partial charge in [0.1, 0.15) is 9.77 Å². The Hall–Kier alpha value is -2.08. The number of carboxylic acids is 1. The third-order valence-electron chi connectivity index (χ3n) is 5.92. The largest absolute Gasteiger partial charge is 0.494 e. The van der Waals surface area contributed by atoms with Crippen molar-refractivity contribution < 1.29 is 23.7 Å². The first-order valence-electron chi connectivity index (χ1n) is 9.87. The van der Waals surface area contributed by atoms with Gasteiger partial charge in [-0.15, -0.1) is 23.7 Å². The summed E-state index contributed by atoms with van der Waals surface area (Å²) in [7, 11) is -1.37. The number of halogens is 1. The van der Waals surface area contributed by atoms with Crippen LogP contribution >= 0.6 is 34.3 Å². The Kier molecular flexibility index (Phi) is 5.81. The molecule has 5 N–H and O–H groups in total. The number of aromatic carboxylic acids is 1. The summed E-state index contributed by atoms with van der Waals surface area (Å²) < 4.78 is 29.1. The van der Waals surface area contributed by atoms with Crippen LogP contribution in [0.5, 0.6) is 5.75 Å². The molecule has 172 valence electrons. The topological polar surface area (TPSA) is 135 Å². The van der Waals surface area contributed by atoms with E-state index in [9.17, 15) is 23.8 Å². The Morgan fingerprint density at radius 1 is 1.28 bits per heavy atom. The summed E-state index contributed by atoms with van der Waals surface area (Å²) in [6.07, 6.45) is 3.70. The molecule has 1 atom stereocenters. The van der Waals surface area contributed by atoms with E-state index in [2.05, 4.69) is 0 Å². The highest BCUT2D eigenvalue weighted by molar-refractivity contribution is 8.25. The number of methoxy groups -OCH3 is 1. The van der Waals surface area contributed by atoms with Gasteiger partial charge >= 0.3 is 5.97 Å². The van der Waals surface area contributed by atoms with Crippen LogP contribution in [0, 0.1) is 0 Å². The molecule has 11 heteroatoms. The Morgan fingerprint density at radius 3 is 2.59 bits per heavy atom. The molecular weight excluding hydrogens is 476 g/mol. The molecule has 3 aromatic rings. The van der Waals surface area contributed by atoms with Gasteiger partial charge in [-0.2, -0.15) is 10.6 Å². The Bertz CT molecular complexity index is 1300. The molecule has 1 unspecified atom stereocenters. The average Bonchev–Trinajstić information content (AvgIpc) is 3.47. The summed E-state index contributed by atoms with van der Waals surface area (Å²) in [5.41, 5.74) is 7.40. The summed E-state index contributed by atoms with van der Waals surface area (Å²) in [5.74, 6) is -0.550. The molecule has 1 saturated carbocycles. The highest BCUT2D eigenvalue weighted by Gasteiger charge is 2.33. The molecule has 1 aliphatic carbocycles. The molecular formula is C21H23ClN2O6S2. The van der Waals surface area contributed by atoms with Gasteiger partial charge in [-0.05, 0) is 37.5 Å². The quantitative estimate of drug-likeness (QED) is 0.409. The standard InChI is InChI=1S/C21H22N2O6S2.ClH/c1-29-19-11(16-8-13-15(22)6-7-31(27,28)21(13)30-16)4-5-12-17(19)23(10-2-3-10)9-14(18(12)24)20(25)26;/h4-5,8-10,15,27-28H,2-3,6-7,22H2,1H3,(H,25,26);1H. The number of hydrogen-bond donors (Lipinski definition) is 4.